The molecule has 0 heterocycles. The molecule has 0 fully saturated rings. The van der Waals surface area contributed by atoms with E-state index in [2.05, 4.69) is 27.2 Å². The van der Waals surface area contributed by atoms with Gasteiger partial charge in [-0.1, -0.05) is 57.2 Å². The van der Waals surface area contributed by atoms with Crippen molar-refractivity contribution < 1.29 is 44.7 Å². The van der Waals surface area contributed by atoms with Crippen LogP contribution in [0, 0.1) is 0 Å². The van der Waals surface area contributed by atoms with Gasteiger partial charge in [0, 0.05) is 10.7 Å². The van der Waals surface area contributed by atoms with Crippen LogP contribution in [-0.4, -0.2) is 54.5 Å². The molecule has 0 aliphatic heterocycles. The van der Waals surface area contributed by atoms with Crippen molar-refractivity contribution in [3.63, 3.8) is 0 Å². The summed E-state index contributed by atoms with van der Waals surface area (Å²) in [7, 11) is -0.698. The average molecular weight is 719 g/mol. The molecule has 0 saturated carbocycles. The molecule has 3 aromatic rings. The number of halogens is 2. The molecule has 0 aromatic heterocycles. The third kappa shape index (κ3) is 24.9. The van der Waals surface area contributed by atoms with E-state index in [1.165, 1.54) is 94.1 Å². The zero-order chi connectivity index (χ0) is 34.0. The lowest BCUT2D eigenvalue weighted by Gasteiger charge is -2.00. The molecule has 1 atom stereocenters. The van der Waals surface area contributed by atoms with Gasteiger partial charge in [-0.2, -0.15) is 3.74 Å². The van der Waals surface area contributed by atoms with Gasteiger partial charge in [-0.3, -0.25) is 0 Å². The number of benzene rings is 3. The van der Waals surface area contributed by atoms with Crippen molar-refractivity contribution in [2.24, 2.45) is 5.73 Å². The number of aromatic hydroxyl groups is 3. The molecule has 0 aliphatic carbocycles. The highest BCUT2D eigenvalue weighted by Gasteiger charge is 2.09. The van der Waals surface area contributed by atoms with E-state index in [1.54, 1.807) is 24.3 Å². The zero-order valence-electron chi connectivity index (χ0n) is 24.2. The topological polar surface area (TPSA) is 216 Å². The van der Waals surface area contributed by atoms with Crippen LogP contribution in [-0.2, 0) is 34.2 Å². The molecular formula is C27H39Cl2N2O10S3-. The van der Waals surface area contributed by atoms with Gasteiger partial charge >= 0.3 is 0 Å². The smallest absolute Gasteiger partial charge is 0.261 e. The second-order valence-electron chi connectivity index (χ2n) is 8.29. The van der Waals surface area contributed by atoms with E-state index in [0.29, 0.717) is 5.75 Å². The minimum absolute atomic E-state index is 0.00840. The lowest BCUT2D eigenvalue weighted by atomic mass is 10.1. The highest BCUT2D eigenvalue weighted by atomic mass is 35.7. The van der Waals surface area contributed by atoms with Crippen molar-refractivity contribution in [3.8, 4) is 17.2 Å². The van der Waals surface area contributed by atoms with Gasteiger partial charge in [-0.05, 0) is 80.7 Å². The first kappa shape index (κ1) is 43.7. The molecule has 250 valence electrons. The summed E-state index contributed by atoms with van der Waals surface area (Å²) in [6.07, 6.45) is 8.05. The molecule has 1 unspecified atom stereocenters. The molecule has 0 saturated heterocycles. The Morgan fingerprint density at radius 3 is 1.48 bits per heavy atom. The summed E-state index contributed by atoms with van der Waals surface area (Å²) in [5, 5.41) is 26.3. The fourth-order valence-electron chi connectivity index (χ4n) is 2.70. The fraction of sp³-hybridized carbons (Fsp3) is 0.333. The molecular weight excluding hydrogens is 679 g/mol. The monoisotopic (exact) mass is 717 g/mol. The average Bonchev–Trinajstić information content (AvgIpc) is 2.99. The summed E-state index contributed by atoms with van der Waals surface area (Å²) >= 11 is 1.67. The molecule has 17 heteroatoms. The van der Waals surface area contributed by atoms with Crippen LogP contribution in [0.1, 0.15) is 45.4 Å². The van der Waals surface area contributed by atoms with Crippen molar-refractivity contribution in [1.29, 1.82) is 0 Å². The van der Waals surface area contributed by atoms with Crippen molar-refractivity contribution in [2.75, 3.05) is 13.6 Å². The van der Waals surface area contributed by atoms with Gasteiger partial charge in [0.2, 0.25) is 10.0 Å². The third-order valence-electron chi connectivity index (χ3n) is 4.90. The Morgan fingerprint density at radius 1 is 0.773 bits per heavy atom. The van der Waals surface area contributed by atoms with Gasteiger partial charge in [0.25, 0.3) is 9.05 Å². The number of phenolic OH excluding ortho intramolecular Hbond substituents is 3. The number of rotatable bonds is 10. The fourth-order valence-corrected chi connectivity index (χ4v) is 4.20. The summed E-state index contributed by atoms with van der Waals surface area (Å²) in [4.78, 5) is 0.125. The van der Waals surface area contributed by atoms with Crippen molar-refractivity contribution in [2.45, 2.75) is 55.2 Å². The van der Waals surface area contributed by atoms with E-state index in [0.717, 1.165) is 6.54 Å². The summed E-state index contributed by atoms with van der Waals surface area (Å²) in [6, 6.07) is 19.0. The number of hydrogen-bond donors (Lipinski definition) is 5. The summed E-state index contributed by atoms with van der Waals surface area (Å²) in [5.41, 5.74) is 5.34. The predicted octanol–water partition coefficient (Wildman–Crippen LogP) is 5.27. The minimum Gasteiger partial charge on any atom is -0.749 e. The van der Waals surface area contributed by atoms with Crippen LogP contribution < -0.4 is 10.5 Å². The number of para-hydroxylation sites is 1. The predicted molar refractivity (Wildman–Crippen MR) is 172 cm³/mol. The SMILES string of the molecule is CCCCCCCCN.CNS(=O)(=O)c1ccc(O)cc1.O=S(=O)(Cl)c1ccc(O)cc1.O=S([O-])OCl.Oc1ccccc1. The molecule has 0 amide bonds. The lowest BCUT2D eigenvalue weighted by Crippen LogP contribution is -2.18. The molecule has 0 radical (unpaired) electrons. The first-order chi connectivity index (χ1) is 20.6. The van der Waals surface area contributed by atoms with E-state index in [4.69, 9.17) is 40.5 Å². The Bertz CT molecular complexity index is 1360. The second kappa shape index (κ2) is 25.8. The number of unbranched alkanes of at least 4 members (excludes halogenated alkanes) is 5. The molecule has 3 aromatic carbocycles. The highest BCUT2D eigenvalue weighted by molar-refractivity contribution is 8.13. The summed E-state index contributed by atoms with van der Waals surface area (Å²) in [6.45, 7) is 3.11. The second-order valence-corrected chi connectivity index (χ2v) is 13.7. The van der Waals surface area contributed by atoms with Crippen molar-refractivity contribution in [1.82, 2.24) is 4.72 Å². The van der Waals surface area contributed by atoms with Gasteiger partial charge in [0.15, 0.2) is 0 Å². The molecule has 44 heavy (non-hydrogen) atoms. The molecule has 12 nitrogen and oxygen atoms in total. The molecule has 0 aliphatic rings. The molecule has 0 bridgehead atoms. The molecule has 0 spiro atoms. The van der Waals surface area contributed by atoms with Crippen LogP contribution in [0.2, 0.25) is 0 Å². The van der Waals surface area contributed by atoms with Crippen LogP contribution in [0.15, 0.2) is 88.7 Å². The maximum absolute atomic E-state index is 11.1. The summed E-state index contributed by atoms with van der Waals surface area (Å²) in [5.74, 6) is 0.376. The Kier molecular flexibility index (Phi) is 25.6. The van der Waals surface area contributed by atoms with E-state index >= 15 is 0 Å². The lowest BCUT2D eigenvalue weighted by molar-refractivity contribution is 0.457. The first-order valence-corrected chi connectivity index (χ1v) is 18.0. The van der Waals surface area contributed by atoms with Crippen molar-refractivity contribution in [3.05, 3.63) is 78.9 Å². The Hall–Kier alpha value is -2.47. The maximum atomic E-state index is 11.1. The quantitative estimate of drug-likeness (QED) is 0.103. The largest absolute Gasteiger partial charge is 0.749 e. The van der Waals surface area contributed by atoms with Crippen molar-refractivity contribution >= 4 is 53.0 Å². The highest BCUT2D eigenvalue weighted by Crippen LogP contribution is 2.17. The van der Waals surface area contributed by atoms with Gasteiger partial charge in [-0.15, -0.1) is 0 Å². The van der Waals surface area contributed by atoms with Gasteiger partial charge in [0.05, 0.1) is 21.7 Å². The standard InChI is InChI=1S/C8H19N.C7H9NO3S.C6H5ClO3S.C6H6O.ClHO3S/c1-2-3-4-5-6-7-8-9;1-8-12(10,11)7-4-2-6(9)3-5-7;7-11(9,10)6-3-1-5(8)2-4-6;7-6-4-2-1-3-5-6;1-4-5(2)3/h2-9H2,1H3;2-5,8-9H,1H3;1-4,8H;1-5,7H;(H,2,3)/p-1. The molecule has 6 N–H and O–H groups in total. The Morgan fingerprint density at radius 2 is 1.16 bits per heavy atom. The van der Waals surface area contributed by atoms with Crippen LogP contribution in [0.25, 0.3) is 0 Å². The van der Waals surface area contributed by atoms with E-state index in [1.807, 2.05) is 6.07 Å². The van der Waals surface area contributed by atoms with Gasteiger partial charge in [0.1, 0.15) is 28.6 Å². The number of nitrogens with two attached hydrogens (primary N) is 1. The first-order valence-electron chi connectivity index (χ1n) is 12.9. The normalized spacial score (nSPS) is 11.0. The Balaban J connectivity index is 0. The van der Waals surface area contributed by atoms with Crippen LogP contribution >= 0.6 is 22.5 Å². The van der Waals surface area contributed by atoms with E-state index < -0.39 is 30.4 Å². The Labute approximate surface area is 271 Å². The van der Waals surface area contributed by atoms with Gasteiger partial charge in [-0.25, -0.2) is 25.8 Å². The number of nitrogens with one attached hydrogen (secondary N) is 1. The van der Waals surface area contributed by atoms with Crippen LogP contribution in [0.4, 0.5) is 0 Å². The number of hydrogen-bond acceptors (Lipinski definition) is 11. The number of sulfonamides is 1. The summed E-state index contributed by atoms with van der Waals surface area (Å²) < 4.78 is 66.8. The van der Waals surface area contributed by atoms with E-state index in [9.17, 15) is 16.8 Å². The molecule has 3 rings (SSSR count). The third-order valence-corrected chi connectivity index (χ3v) is 8.11. The van der Waals surface area contributed by atoms with Crippen LogP contribution in [0.3, 0.4) is 0 Å². The van der Waals surface area contributed by atoms with Gasteiger partial charge < -0.3 is 25.6 Å². The maximum Gasteiger partial charge on any atom is 0.261 e. The van der Waals surface area contributed by atoms with E-state index in [-0.39, 0.29) is 21.3 Å². The zero-order valence-corrected chi connectivity index (χ0v) is 28.2. The number of phenols is 3. The minimum atomic E-state index is -3.66. The van der Waals surface area contributed by atoms with Crippen LogP contribution in [0.5, 0.6) is 17.2 Å².